The number of carbonyl (C=O) groups excluding carboxylic acids is 1. The molecule has 3 atom stereocenters. The van der Waals surface area contributed by atoms with E-state index in [1.165, 1.54) is 69.8 Å². The SMILES string of the molecule is CN1C(=O)[C@@](CCC2CCCCC2)(C[C@H]2CCC[C@H](CCc3ccccc3)C2)N=C1N. The average molecular weight is 424 g/mol. The molecule has 0 saturated heterocycles. The Morgan fingerprint density at radius 3 is 2.39 bits per heavy atom. The average Bonchev–Trinajstić information content (AvgIpc) is 3.01. The zero-order valence-electron chi connectivity index (χ0n) is 19.4. The van der Waals surface area contributed by atoms with Crippen LogP contribution < -0.4 is 5.73 Å². The molecule has 0 radical (unpaired) electrons. The second kappa shape index (κ2) is 10.2. The molecule has 1 amide bonds. The molecule has 31 heavy (non-hydrogen) atoms. The fourth-order valence-corrected chi connectivity index (χ4v) is 6.42. The van der Waals surface area contributed by atoms with Gasteiger partial charge in [-0.25, -0.2) is 4.99 Å². The molecule has 2 fully saturated rings. The van der Waals surface area contributed by atoms with Gasteiger partial charge in [-0.1, -0.05) is 81.7 Å². The number of nitrogens with two attached hydrogens (primary N) is 1. The van der Waals surface area contributed by atoms with Gasteiger partial charge in [0.1, 0.15) is 5.54 Å². The van der Waals surface area contributed by atoms with Crippen LogP contribution in [0.2, 0.25) is 0 Å². The van der Waals surface area contributed by atoms with Crippen LogP contribution in [0.1, 0.15) is 89.0 Å². The van der Waals surface area contributed by atoms with E-state index >= 15 is 0 Å². The molecule has 4 nitrogen and oxygen atoms in total. The highest BCUT2D eigenvalue weighted by Gasteiger charge is 2.47. The van der Waals surface area contributed by atoms with Crippen molar-refractivity contribution in [1.82, 2.24) is 4.90 Å². The second-order valence-electron chi connectivity index (χ2n) is 10.5. The molecule has 0 unspecified atom stereocenters. The Kier molecular flexibility index (Phi) is 7.35. The summed E-state index contributed by atoms with van der Waals surface area (Å²) in [6, 6.07) is 10.9. The lowest BCUT2D eigenvalue weighted by molar-refractivity contribution is -0.131. The molecule has 4 rings (SSSR count). The van der Waals surface area contributed by atoms with Crippen molar-refractivity contribution in [3.63, 3.8) is 0 Å². The van der Waals surface area contributed by atoms with Crippen LogP contribution in [0.3, 0.4) is 0 Å². The number of amides is 1. The smallest absolute Gasteiger partial charge is 0.257 e. The summed E-state index contributed by atoms with van der Waals surface area (Å²) < 4.78 is 0. The Balaban J connectivity index is 1.38. The third-order valence-corrected chi connectivity index (χ3v) is 8.27. The van der Waals surface area contributed by atoms with Gasteiger partial charge in [0.25, 0.3) is 5.91 Å². The minimum Gasteiger partial charge on any atom is -0.369 e. The minimum absolute atomic E-state index is 0.146. The molecular weight excluding hydrogens is 382 g/mol. The molecular formula is C27H41N3O. The van der Waals surface area contributed by atoms with E-state index in [4.69, 9.17) is 10.7 Å². The van der Waals surface area contributed by atoms with Crippen LogP contribution in [0.25, 0.3) is 0 Å². The maximum Gasteiger partial charge on any atom is 0.257 e. The van der Waals surface area contributed by atoms with E-state index < -0.39 is 5.54 Å². The fourth-order valence-electron chi connectivity index (χ4n) is 6.42. The van der Waals surface area contributed by atoms with Crippen molar-refractivity contribution in [2.45, 2.75) is 95.4 Å². The third kappa shape index (κ3) is 5.51. The number of aryl methyl sites for hydroxylation is 1. The van der Waals surface area contributed by atoms with Gasteiger partial charge in [0.15, 0.2) is 5.96 Å². The molecule has 2 saturated carbocycles. The lowest BCUT2D eigenvalue weighted by Gasteiger charge is -2.35. The molecule has 2 aliphatic carbocycles. The predicted octanol–water partition coefficient (Wildman–Crippen LogP) is 5.70. The first-order chi connectivity index (χ1) is 15.1. The second-order valence-corrected chi connectivity index (χ2v) is 10.5. The van der Waals surface area contributed by atoms with E-state index in [0.717, 1.165) is 37.5 Å². The lowest BCUT2D eigenvalue weighted by Crippen LogP contribution is -2.44. The third-order valence-electron chi connectivity index (χ3n) is 8.27. The van der Waals surface area contributed by atoms with Gasteiger partial charge in [0, 0.05) is 7.05 Å². The van der Waals surface area contributed by atoms with Crippen LogP contribution in [0.5, 0.6) is 0 Å². The van der Waals surface area contributed by atoms with E-state index in [-0.39, 0.29) is 5.91 Å². The highest BCUT2D eigenvalue weighted by molar-refractivity contribution is 6.06. The van der Waals surface area contributed by atoms with Crippen molar-refractivity contribution in [2.24, 2.45) is 28.5 Å². The number of hydrogen-bond donors (Lipinski definition) is 1. The molecule has 1 aliphatic heterocycles. The quantitative estimate of drug-likeness (QED) is 0.583. The fraction of sp³-hybridized carbons (Fsp3) is 0.704. The number of aliphatic imine (C=N–C) groups is 1. The number of hydrogen-bond acceptors (Lipinski definition) is 3. The van der Waals surface area contributed by atoms with Gasteiger partial charge in [-0.15, -0.1) is 0 Å². The minimum atomic E-state index is -0.595. The van der Waals surface area contributed by atoms with E-state index in [0.29, 0.717) is 11.9 Å². The Morgan fingerprint density at radius 2 is 1.68 bits per heavy atom. The summed E-state index contributed by atoms with van der Waals surface area (Å²) in [6.07, 6.45) is 17.1. The van der Waals surface area contributed by atoms with Crippen LogP contribution in [-0.4, -0.2) is 29.4 Å². The van der Waals surface area contributed by atoms with Gasteiger partial charge in [-0.2, -0.15) is 0 Å². The standard InChI is InChI=1S/C27H41N3O/c1-30-25(31)27(29-26(30)28,18-17-22-11-6-3-7-12-22)20-24-14-8-13-23(19-24)16-15-21-9-4-2-5-10-21/h2,4-5,9-10,22-24H,3,6-8,11-20H2,1H3,(H2,28,29)/t23-,24+,27-/m1/s1. The Morgan fingerprint density at radius 1 is 0.968 bits per heavy atom. The number of likely N-dealkylation sites (N-methyl/N-ethyl adjacent to an activating group) is 1. The van der Waals surface area contributed by atoms with Gasteiger partial charge in [-0.05, 0) is 61.8 Å². The van der Waals surface area contributed by atoms with Crippen LogP contribution in [0.15, 0.2) is 35.3 Å². The van der Waals surface area contributed by atoms with Crippen LogP contribution in [0, 0.1) is 17.8 Å². The summed E-state index contributed by atoms with van der Waals surface area (Å²) in [5, 5.41) is 0. The molecule has 0 bridgehead atoms. The molecule has 170 valence electrons. The van der Waals surface area contributed by atoms with Crippen LogP contribution >= 0.6 is 0 Å². The van der Waals surface area contributed by atoms with Gasteiger partial charge in [0.2, 0.25) is 0 Å². The van der Waals surface area contributed by atoms with E-state index in [1.807, 2.05) is 0 Å². The molecule has 0 spiro atoms. The molecule has 1 heterocycles. The van der Waals surface area contributed by atoms with E-state index in [1.54, 1.807) is 11.9 Å². The zero-order chi connectivity index (χ0) is 21.7. The topological polar surface area (TPSA) is 58.7 Å². The first-order valence-electron chi connectivity index (χ1n) is 12.7. The van der Waals surface area contributed by atoms with Crippen LogP contribution in [-0.2, 0) is 11.2 Å². The molecule has 1 aromatic rings. The number of guanidine groups is 1. The Bertz CT molecular complexity index is 755. The van der Waals surface area contributed by atoms with Gasteiger partial charge in [0.05, 0.1) is 0 Å². The number of carbonyl (C=O) groups is 1. The van der Waals surface area contributed by atoms with E-state index in [9.17, 15) is 4.79 Å². The van der Waals surface area contributed by atoms with Gasteiger partial charge >= 0.3 is 0 Å². The summed E-state index contributed by atoms with van der Waals surface area (Å²) >= 11 is 0. The van der Waals surface area contributed by atoms with Crippen LogP contribution in [0.4, 0.5) is 0 Å². The molecule has 3 aliphatic rings. The largest absolute Gasteiger partial charge is 0.369 e. The van der Waals surface area contributed by atoms with Crippen molar-refractivity contribution >= 4 is 11.9 Å². The maximum atomic E-state index is 13.3. The Labute approximate surface area is 188 Å². The molecule has 0 aromatic heterocycles. The highest BCUT2D eigenvalue weighted by atomic mass is 16.2. The summed E-state index contributed by atoms with van der Waals surface area (Å²) in [6.45, 7) is 0. The van der Waals surface area contributed by atoms with Crippen molar-refractivity contribution in [3.05, 3.63) is 35.9 Å². The maximum absolute atomic E-state index is 13.3. The summed E-state index contributed by atoms with van der Waals surface area (Å²) in [4.78, 5) is 19.8. The monoisotopic (exact) mass is 423 g/mol. The summed E-state index contributed by atoms with van der Waals surface area (Å²) in [5.74, 6) is 2.70. The normalized spacial score (nSPS) is 29.9. The highest BCUT2D eigenvalue weighted by Crippen LogP contribution is 2.42. The Hall–Kier alpha value is -1.84. The number of benzene rings is 1. The van der Waals surface area contributed by atoms with Gasteiger partial charge in [-0.3, -0.25) is 9.69 Å². The van der Waals surface area contributed by atoms with E-state index in [2.05, 4.69) is 30.3 Å². The molecule has 2 N–H and O–H groups in total. The number of rotatable bonds is 8. The van der Waals surface area contributed by atoms with Crippen molar-refractivity contribution in [1.29, 1.82) is 0 Å². The first-order valence-corrected chi connectivity index (χ1v) is 12.7. The summed E-state index contributed by atoms with van der Waals surface area (Å²) in [7, 11) is 1.80. The first kappa shape index (κ1) is 22.4. The zero-order valence-corrected chi connectivity index (χ0v) is 19.4. The number of nitrogens with zero attached hydrogens (tertiary/aromatic N) is 2. The van der Waals surface area contributed by atoms with Crippen molar-refractivity contribution in [3.8, 4) is 0 Å². The molecule has 4 heteroatoms. The summed E-state index contributed by atoms with van der Waals surface area (Å²) in [5.41, 5.74) is 7.00. The van der Waals surface area contributed by atoms with Gasteiger partial charge < -0.3 is 5.73 Å². The van der Waals surface area contributed by atoms with Crippen molar-refractivity contribution in [2.75, 3.05) is 7.05 Å². The lowest BCUT2D eigenvalue weighted by atomic mass is 9.72. The predicted molar refractivity (Wildman–Crippen MR) is 128 cm³/mol. The van der Waals surface area contributed by atoms with Crippen molar-refractivity contribution < 1.29 is 4.79 Å². The molecule has 1 aromatic carbocycles.